The Morgan fingerprint density at radius 1 is 1.41 bits per heavy atom. The van der Waals surface area contributed by atoms with Crippen LogP contribution >= 0.6 is 0 Å². The monoisotopic (exact) mass is 245 g/mol. The molecule has 94 valence electrons. The number of hydrogen-bond acceptors (Lipinski definition) is 2. The van der Waals surface area contributed by atoms with Crippen LogP contribution in [0, 0.1) is 0 Å². The molecular weight excluding hydrogens is 231 g/mol. The third-order valence-corrected chi connectivity index (χ3v) is 2.99. The van der Waals surface area contributed by atoms with E-state index in [0.717, 1.165) is 17.2 Å². The SMILES string of the molecule is COCC1CNCc2ccc(C(F)(F)F)cc21. The van der Waals surface area contributed by atoms with Crippen LogP contribution in [0.3, 0.4) is 0 Å². The lowest BCUT2D eigenvalue weighted by Gasteiger charge is -2.26. The van der Waals surface area contributed by atoms with E-state index in [4.69, 9.17) is 4.74 Å². The Hall–Kier alpha value is -1.07. The second kappa shape index (κ2) is 4.66. The molecule has 0 aromatic heterocycles. The summed E-state index contributed by atoms with van der Waals surface area (Å²) in [7, 11) is 1.56. The van der Waals surface area contributed by atoms with Crippen molar-refractivity contribution < 1.29 is 17.9 Å². The van der Waals surface area contributed by atoms with Gasteiger partial charge in [-0.1, -0.05) is 6.07 Å². The van der Waals surface area contributed by atoms with E-state index < -0.39 is 11.7 Å². The number of halogens is 3. The normalized spacial score (nSPS) is 20.1. The fourth-order valence-corrected chi connectivity index (χ4v) is 2.15. The van der Waals surface area contributed by atoms with E-state index in [-0.39, 0.29) is 5.92 Å². The maximum Gasteiger partial charge on any atom is 0.416 e. The summed E-state index contributed by atoms with van der Waals surface area (Å²) in [5.41, 5.74) is 1.09. The van der Waals surface area contributed by atoms with Crippen molar-refractivity contribution in [3.63, 3.8) is 0 Å². The Kier molecular flexibility index (Phi) is 3.40. The molecule has 1 aliphatic heterocycles. The summed E-state index contributed by atoms with van der Waals surface area (Å²) in [4.78, 5) is 0. The third kappa shape index (κ3) is 2.61. The van der Waals surface area contributed by atoms with E-state index in [2.05, 4.69) is 5.32 Å². The van der Waals surface area contributed by atoms with Crippen molar-refractivity contribution in [2.75, 3.05) is 20.3 Å². The minimum atomic E-state index is -4.28. The van der Waals surface area contributed by atoms with Crippen molar-refractivity contribution in [2.45, 2.75) is 18.6 Å². The minimum absolute atomic E-state index is 0.00829. The van der Waals surface area contributed by atoms with Gasteiger partial charge in [0.2, 0.25) is 0 Å². The molecule has 0 aliphatic carbocycles. The zero-order chi connectivity index (χ0) is 12.5. The van der Waals surface area contributed by atoms with Crippen LogP contribution in [0.4, 0.5) is 13.2 Å². The summed E-state index contributed by atoms with van der Waals surface area (Å²) in [5.74, 6) is -0.00829. The highest BCUT2D eigenvalue weighted by Crippen LogP contribution is 2.33. The molecule has 0 saturated carbocycles. The van der Waals surface area contributed by atoms with Crippen molar-refractivity contribution in [3.05, 3.63) is 34.9 Å². The number of methoxy groups -OCH3 is 1. The number of ether oxygens (including phenoxy) is 1. The number of alkyl halides is 3. The van der Waals surface area contributed by atoms with Crippen molar-refractivity contribution in [1.29, 1.82) is 0 Å². The highest BCUT2D eigenvalue weighted by molar-refractivity contribution is 5.37. The van der Waals surface area contributed by atoms with Gasteiger partial charge >= 0.3 is 6.18 Å². The third-order valence-electron chi connectivity index (χ3n) is 2.99. The van der Waals surface area contributed by atoms with Crippen LogP contribution in [-0.4, -0.2) is 20.3 Å². The lowest BCUT2D eigenvalue weighted by molar-refractivity contribution is -0.137. The number of benzene rings is 1. The largest absolute Gasteiger partial charge is 0.416 e. The molecule has 1 unspecified atom stereocenters. The van der Waals surface area contributed by atoms with Gasteiger partial charge in [0.15, 0.2) is 0 Å². The van der Waals surface area contributed by atoms with Crippen molar-refractivity contribution in [2.24, 2.45) is 0 Å². The first kappa shape index (κ1) is 12.4. The van der Waals surface area contributed by atoms with E-state index >= 15 is 0 Å². The summed E-state index contributed by atoms with van der Waals surface area (Å²) in [6.45, 7) is 1.71. The predicted molar refractivity (Wildman–Crippen MR) is 57.8 cm³/mol. The zero-order valence-electron chi connectivity index (χ0n) is 9.47. The summed E-state index contributed by atoms with van der Waals surface area (Å²) < 4.78 is 42.9. The van der Waals surface area contributed by atoms with Gasteiger partial charge in [-0.25, -0.2) is 0 Å². The Labute approximate surface area is 97.8 Å². The molecule has 17 heavy (non-hydrogen) atoms. The molecule has 1 aliphatic rings. The molecule has 1 aromatic rings. The molecule has 0 saturated heterocycles. The lowest BCUT2D eigenvalue weighted by Crippen LogP contribution is -2.30. The topological polar surface area (TPSA) is 21.3 Å². The molecule has 1 heterocycles. The molecule has 0 fully saturated rings. The molecule has 1 atom stereocenters. The average Bonchev–Trinajstić information content (AvgIpc) is 2.28. The van der Waals surface area contributed by atoms with Gasteiger partial charge in [-0.05, 0) is 23.3 Å². The molecule has 2 nitrogen and oxygen atoms in total. The van der Waals surface area contributed by atoms with E-state index in [1.54, 1.807) is 13.2 Å². The lowest BCUT2D eigenvalue weighted by atomic mass is 9.90. The second-order valence-corrected chi connectivity index (χ2v) is 4.19. The first-order valence-electron chi connectivity index (χ1n) is 5.42. The predicted octanol–water partition coefficient (Wildman–Crippen LogP) is 2.54. The molecule has 1 N–H and O–H groups in total. The molecule has 0 radical (unpaired) electrons. The fourth-order valence-electron chi connectivity index (χ4n) is 2.15. The van der Waals surface area contributed by atoms with Crippen LogP contribution in [0.15, 0.2) is 18.2 Å². The molecule has 5 heteroatoms. The van der Waals surface area contributed by atoms with Crippen molar-refractivity contribution in [3.8, 4) is 0 Å². The van der Waals surface area contributed by atoms with Gasteiger partial charge in [-0.3, -0.25) is 0 Å². The van der Waals surface area contributed by atoms with Crippen LogP contribution < -0.4 is 5.32 Å². The van der Waals surface area contributed by atoms with Gasteiger partial charge < -0.3 is 10.1 Å². The smallest absolute Gasteiger partial charge is 0.384 e. The maximum absolute atomic E-state index is 12.6. The number of fused-ring (bicyclic) bond motifs is 1. The van der Waals surface area contributed by atoms with Crippen LogP contribution in [-0.2, 0) is 17.5 Å². The highest BCUT2D eigenvalue weighted by Gasteiger charge is 2.32. The Morgan fingerprint density at radius 2 is 2.18 bits per heavy atom. The Balaban J connectivity index is 2.37. The van der Waals surface area contributed by atoms with E-state index in [1.807, 2.05) is 0 Å². The van der Waals surface area contributed by atoms with Gasteiger partial charge in [0, 0.05) is 26.1 Å². The van der Waals surface area contributed by atoms with Crippen LogP contribution in [0.5, 0.6) is 0 Å². The molecule has 0 bridgehead atoms. The first-order chi connectivity index (χ1) is 8.02. The van der Waals surface area contributed by atoms with Gasteiger partial charge in [0.05, 0.1) is 12.2 Å². The molecule has 0 spiro atoms. The van der Waals surface area contributed by atoms with E-state index in [0.29, 0.717) is 19.7 Å². The van der Waals surface area contributed by atoms with E-state index in [1.165, 1.54) is 6.07 Å². The van der Waals surface area contributed by atoms with Gasteiger partial charge in [-0.15, -0.1) is 0 Å². The van der Waals surface area contributed by atoms with Crippen LogP contribution in [0.2, 0.25) is 0 Å². The van der Waals surface area contributed by atoms with Crippen LogP contribution in [0.25, 0.3) is 0 Å². The summed E-state index contributed by atoms with van der Waals surface area (Å²) in [6.07, 6.45) is -4.28. The molecular formula is C12H14F3NO. The molecule has 1 aromatic carbocycles. The summed E-state index contributed by atoms with van der Waals surface area (Å²) in [6, 6.07) is 3.93. The minimum Gasteiger partial charge on any atom is -0.384 e. The fraction of sp³-hybridized carbons (Fsp3) is 0.500. The molecule has 2 rings (SSSR count). The standard InChI is InChI=1S/C12H14F3NO/c1-17-7-9-6-16-5-8-2-3-10(4-11(8)9)12(13,14)15/h2-4,9,16H,5-7H2,1H3. The maximum atomic E-state index is 12.6. The average molecular weight is 245 g/mol. The van der Waals surface area contributed by atoms with Gasteiger partial charge in [0.25, 0.3) is 0 Å². The quantitative estimate of drug-likeness (QED) is 0.864. The highest BCUT2D eigenvalue weighted by atomic mass is 19.4. The Bertz CT molecular complexity index is 403. The van der Waals surface area contributed by atoms with Gasteiger partial charge in [0.1, 0.15) is 0 Å². The van der Waals surface area contributed by atoms with Crippen molar-refractivity contribution >= 4 is 0 Å². The van der Waals surface area contributed by atoms with Gasteiger partial charge in [-0.2, -0.15) is 13.2 Å². The van der Waals surface area contributed by atoms with Crippen molar-refractivity contribution in [1.82, 2.24) is 5.32 Å². The van der Waals surface area contributed by atoms with Crippen LogP contribution in [0.1, 0.15) is 22.6 Å². The summed E-state index contributed by atoms with van der Waals surface area (Å²) >= 11 is 0. The van der Waals surface area contributed by atoms with E-state index in [9.17, 15) is 13.2 Å². The first-order valence-corrected chi connectivity index (χ1v) is 5.42. The Morgan fingerprint density at radius 3 is 2.82 bits per heavy atom. The number of hydrogen-bond donors (Lipinski definition) is 1. The number of rotatable bonds is 2. The summed E-state index contributed by atoms with van der Waals surface area (Å²) in [5, 5.41) is 3.17. The zero-order valence-corrected chi connectivity index (χ0v) is 9.47. The molecule has 0 amide bonds. The number of nitrogens with one attached hydrogen (secondary N) is 1. The second-order valence-electron chi connectivity index (χ2n) is 4.19.